The summed E-state index contributed by atoms with van der Waals surface area (Å²) in [5, 5.41) is 11.0. The number of carbonyl (C=O) groups is 2. The number of pyridine rings is 1. The molecule has 4 heteroatoms. The van der Waals surface area contributed by atoms with Crippen molar-refractivity contribution in [2.45, 2.75) is 13.0 Å². The summed E-state index contributed by atoms with van der Waals surface area (Å²) in [5.74, 6) is -0.959. The van der Waals surface area contributed by atoms with Crippen molar-refractivity contribution in [2.75, 3.05) is 0 Å². The summed E-state index contributed by atoms with van der Waals surface area (Å²) in [6.07, 6.45) is 1.66. The fourth-order valence-corrected chi connectivity index (χ4v) is 2.68. The zero-order valence-electron chi connectivity index (χ0n) is 12.5. The summed E-state index contributed by atoms with van der Waals surface area (Å²) in [7, 11) is 0. The van der Waals surface area contributed by atoms with Gasteiger partial charge in [-0.05, 0) is 11.5 Å². The molecule has 0 saturated heterocycles. The van der Waals surface area contributed by atoms with Crippen molar-refractivity contribution < 1.29 is 19.3 Å². The number of aliphatic carboxylic acids is 1. The SMILES string of the molecule is O=C(O)Cc1c2ccccc2cc[n+]1CC(=O)c1ccccc1. The van der Waals surface area contributed by atoms with Crippen molar-refractivity contribution >= 4 is 22.5 Å². The topological polar surface area (TPSA) is 58.2 Å². The molecule has 0 aliphatic heterocycles. The smallest absolute Gasteiger partial charge is 0.314 e. The van der Waals surface area contributed by atoms with Crippen molar-refractivity contribution in [3.05, 3.63) is 78.1 Å². The normalized spacial score (nSPS) is 10.6. The molecule has 0 unspecified atom stereocenters. The summed E-state index contributed by atoms with van der Waals surface area (Å²) in [5.41, 5.74) is 1.26. The number of hydrogen-bond donors (Lipinski definition) is 1. The molecule has 0 aliphatic carbocycles. The van der Waals surface area contributed by atoms with Crippen LogP contribution in [-0.4, -0.2) is 16.9 Å². The fourth-order valence-electron chi connectivity index (χ4n) is 2.68. The summed E-state index contributed by atoms with van der Waals surface area (Å²) in [6.45, 7) is 0.122. The molecule has 0 fully saturated rings. The van der Waals surface area contributed by atoms with Gasteiger partial charge in [-0.15, -0.1) is 0 Å². The van der Waals surface area contributed by atoms with E-state index in [4.69, 9.17) is 0 Å². The first-order chi connectivity index (χ1) is 11.1. The minimum atomic E-state index is -0.915. The summed E-state index contributed by atoms with van der Waals surface area (Å²) >= 11 is 0. The average molecular weight is 306 g/mol. The van der Waals surface area contributed by atoms with Gasteiger partial charge in [0.05, 0.1) is 0 Å². The Morgan fingerprint density at radius 1 is 0.913 bits per heavy atom. The molecule has 0 radical (unpaired) electrons. The standard InChI is InChI=1S/C19H15NO3/c21-18(15-7-2-1-3-8-15)13-20-11-10-14-6-4-5-9-16(14)17(20)12-19(22)23/h1-11H,12-13H2/p+1. The maximum absolute atomic E-state index is 12.4. The van der Waals surface area contributed by atoms with E-state index >= 15 is 0 Å². The van der Waals surface area contributed by atoms with Gasteiger partial charge < -0.3 is 5.11 Å². The van der Waals surface area contributed by atoms with Gasteiger partial charge in [0.15, 0.2) is 6.20 Å². The Morgan fingerprint density at radius 2 is 1.61 bits per heavy atom. The lowest BCUT2D eigenvalue weighted by Crippen LogP contribution is -2.42. The van der Waals surface area contributed by atoms with E-state index in [1.165, 1.54) is 0 Å². The van der Waals surface area contributed by atoms with Gasteiger partial charge in [-0.25, -0.2) is 0 Å². The minimum Gasteiger partial charge on any atom is -0.481 e. The highest BCUT2D eigenvalue weighted by molar-refractivity contribution is 5.95. The Labute approximate surface area is 133 Å². The lowest BCUT2D eigenvalue weighted by atomic mass is 10.1. The third-order valence-corrected chi connectivity index (χ3v) is 3.78. The Bertz CT molecular complexity index is 872. The predicted octanol–water partition coefficient (Wildman–Crippen LogP) is 2.64. The van der Waals surface area contributed by atoms with Crippen molar-refractivity contribution in [1.29, 1.82) is 0 Å². The first-order valence-electron chi connectivity index (χ1n) is 7.35. The van der Waals surface area contributed by atoms with Crippen molar-refractivity contribution in [1.82, 2.24) is 0 Å². The highest BCUT2D eigenvalue weighted by Gasteiger charge is 2.21. The number of nitrogens with zero attached hydrogens (tertiary/aromatic N) is 1. The van der Waals surface area contributed by atoms with Crippen LogP contribution in [0.4, 0.5) is 0 Å². The molecule has 3 aromatic rings. The Hall–Kier alpha value is -3.01. The number of carboxylic acids is 1. The highest BCUT2D eigenvalue weighted by atomic mass is 16.4. The van der Waals surface area contributed by atoms with E-state index in [1.807, 2.05) is 48.5 Å². The monoisotopic (exact) mass is 306 g/mol. The molecule has 0 amide bonds. The molecular weight excluding hydrogens is 290 g/mol. The largest absolute Gasteiger partial charge is 0.481 e. The molecule has 114 valence electrons. The Morgan fingerprint density at radius 3 is 2.35 bits per heavy atom. The zero-order valence-corrected chi connectivity index (χ0v) is 12.5. The molecule has 0 aliphatic rings. The second-order valence-electron chi connectivity index (χ2n) is 5.34. The van der Waals surface area contributed by atoms with E-state index in [2.05, 4.69) is 0 Å². The van der Waals surface area contributed by atoms with Crippen LogP contribution in [0.2, 0.25) is 0 Å². The molecule has 0 spiro atoms. The molecule has 0 saturated carbocycles. The number of ketones is 1. The van der Waals surface area contributed by atoms with Crippen LogP contribution in [0, 0.1) is 0 Å². The average Bonchev–Trinajstić information content (AvgIpc) is 2.57. The van der Waals surface area contributed by atoms with Gasteiger partial charge in [-0.3, -0.25) is 9.59 Å². The minimum absolute atomic E-state index is 0.0440. The first-order valence-corrected chi connectivity index (χ1v) is 7.35. The van der Waals surface area contributed by atoms with E-state index in [0.29, 0.717) is 11.3 Å². The van der Waals surface area contributed by atoms with Gasteiger partial charge in [0.25, 0.3) is 0 Å². The van der Waals surface area contributed by atoms with Crippen LogP contribution in [0.15, 0.2) is 66.9 Å². The lowest BCUT2D eigenvalue weighted by Gasteiger charge is -2.06. The van der Waals surface area contributed by atoms with Crippen LogP contribution in [0.5, 0.6) is 0 Å². The number of rotatable bonds is 5. The number of Topliss-reactive ketones (excluding diaryl/α,β-unsaturated/α-hetero) is 1. The van der Waals surface area contributed by atoms with Gasteiger partial charge in [0.1, 0.15) is 6.42 Å². The molecule has 3 rings (SSSR count). The van der Waals surface area contributed by atoms with Crippen LogP contribution in [0.25, 0.3) is 10.8 Å². The summed E-state index contributed by atoms with van der Waals surface area (Å²) < 4.78 is 1.73. The third-order valence-electron chi connectivity index (χ3n) is 3.78. The maximum Gasteiger partial charge on any atom is 0.314 e. The Kier molecular flexibility index (Phi) is 4.15. The van der Waals surface area contributed by atoms with E-state index in [-0.39, 0.29) is 18.7 Å². The number of carboxylic acid groups (broad SMARTS) is 1. The van der Waals surface area contributed by atoms with E-state index in [9.17, 15) is 14.7 Å². The predicted molar refractivity (Wildman–Crippen MR) is 86.3 cm³/mol. The van der Waals surface area contributed by atoms with Gasteiger partial charge in [0.2, 0.25) is 18.0 Å². The summed E-state index contributed by atoms with van der Waals surface area (Å²) in [4.78, 5) is 23.6. The van der Waals surface area contributed by atoms with Gasteiger partial charge in [-0.1, -0.05) is 48.5 Å². The fraction of sp³-hybridized carbons (Fsp3) is 0.105. The molecule has 4 nitrogen and oxygen atoms in total. The molecule has 0 bridgehead atoms. The van der Waals surface area contributed by atoms with E-state index in [0.717, 1.165) is 10.8 Å². The lowest BCUT2D eigenvalue weighted by molar-refractivity contribution is -0.688. The van der Waals surface area contributed by atoms with Crippen molar-refractivity contribution in [3.63, 3.8) is 0 Å². The second kappa shape index (κ2) is 6.40. The molecule has 1 N–H and O–H groups in total. The second-order valence-corrected chi connectivity index (χ2v) is 5.34. The van der Waals surface area contributed by atoms with Crippen LogP contribution < -0.4 is 4.57 Å². The van der Waals surface area contributed by atoms with Crippen LogP contribution in [0.3, 0.4) is 0 Å². The van der Waals surface area contributed by atoms with Gasteiger partial charge >= 0.3 is 5.97 Å². The first kappa shape index (κ1) is 14.9. The molecule has 1 heterocycles. The number of carbonyl (C=O) groups excluding carboxylic acids is 1. The van der Waals surface area contributed by atoms with Crippen LogP contribution in [-0.2, 0) is 17.8 Å². The zero-order chi connectivity index (χ0) is 16.2. The van der Waals surface area contributed by atoms with Gasteiger partial charge in [0, 0.05) is 17.0 Å². The molecule has 1 aromatic heterocycles. The molecule has 23 heavy (non-hydrogen) atoms. The molecule has 0 atom stereocenters. The van der Waals surface area contributed by atoms with Crippen molar-refractivity contribution in [3.8, 4) is 0 Å². The number of aromatic nitrogens is 1. The van der Waals surface area contributed by atoms with Crippen molar-refractivity contribution in [2.24, 2.45) is 0 Å². The van der Waals surface area contributed by atoms with E-state index in [1.54, 1.807) is 22.9 Å². The molecular formula is C19H16NO3+. The van der Waals surface area contributed by atoms with Crippen LogP contribution in [0.1, 0.15) is 16.1 Å². The summed E-state index contributed by atoms with van der Waals surface area (Å²) in [6, 6.07) is 18.5. The Balaban J connectivity index is 2.03. The number of hydrogen-bond acceptors (Lipinski definition) is 2. The maximum atomic E-state index is 12.4. The van der Waals surface area contributed by atoms with Crippen LogP contribution >= 0.6 is 0 Å². The van der Waals surface area contributed by atoms with Gasteiger partial charge in [-0.2, -0.15) is 4.57 Å². The highest BCUT2D eigenvalue weighted by Crippen LogP contribution is 2.16. The molecule has 2 aromatic carbocycles. The quantitative estimate of drug-likeness (QED) is 0.582. The third kappa shape index (κ3) is 3.26. The number of benzene rings is 2. The number of fused-ring (bicyclic) bond motifs is 1. The van der Waals surface area contributed by atoms with E-state index < -0.39 is 5.97 Å².